The van der Waals surface area contributed by atoms with Crippen LogP contribution in [0.2, 0.25) is 5.02 Å². The first kappa shape index (κ1) is 15.7. The second-order valence-corrected chi connectivity index (χ2v) is 7.06. The van der Waals surface area contributed by atoms with Crippen molar-refractivity contribution in [2.45, 2.75) is 25.3 Å². The molecular formula is C18H21ClN4O. The van der Waals surface area contributed by atoms with Gasteiger partial charge in [0.25, 0.3) is 0 Å². The van der Waals surface area contributed by atoms with Crippen LogP contribution in [0.3, 0.4) is 0 Å². The van der Waals surface area contributed by atoms with E-state index in [0.29, 0.717) is 5.02 Å². The lowest BCUT2D eigenvalue weighted by molar-refractivity contribution is -0.139. The molecule has 4 rings (SSSR count). The lowest BCUT2D eigenvalue weighted by Crippen LogP contribution is -2.51. The number of aryl methyl sites for hydroxylation is 1. The Morgan fingerprint density at radius 3 is 3.17 bits per heavy atom. The zero-order valence-corrected chi connectivity index (χ0v) is 14.2. The normalized spacial score (nSPS) is 23.8. The van der Waals surface area contributed by atoms with Gasteiger partial charge in [0.2, 0.25) is 5.91 Å². The Labute approximate surface area is 146 Å². The highest BCUT2D eigenvalue weighted by Crippen LogP contribution is 2.30. The second-order valence-electron chi connectivity index (χ2n) is 6.62. The largest absolute Gasteiger partial charge is 0.333 e. The number of halogens is 1. The Bertz CT molecular complexity index is 744. The molecule has 2 unspecified atom stereocenters. The summed E-state index contributed by atoms with van der Waals surface area (Å²) >= 11 is 6.15. The molecule has 0 saturated carbocycles. The first-order valence-corrected chi connectivity index (χ1v) is 8.88. The molecule has 6 heteroatoms. The van der Waals surface area contributed by atoms with Crippen LogP contribution in [0.15, 0.2) is 30.5 Å². The Balaban J connectivity index is 1.55. The van der Waals surface area contributed by atoms with E-state index < -0.39 is 0 Å². The third-order valence-corrected chi connectivity index (χ3v) is 5.36. The fraction of sp³-hybridized carbons (Fsp3) is 0.444. The predicted octanol–water partition coefficient (Wildman–Crippen LogP) is 2.34. The average molecular weight is 345 g/mol. The van der Waals surface area contributed by atoms with Crippen molar-refractivity contribution in [3.63, 3.8) is 0 Å². The number of aromatic nitrogens is 2. The number of carbonyl (C=O) groups is 1. The smallest absolute Gasteiger partial charge is 0.226 e. The van der Waals surface area contributed by atoms with Crippen molar-refractivity contribution in [3.05, 3.63) is 52.3 Å². The molecule has 2 heterocycles. The van der Waals surface area contributed by atoms with Crippen LogP contribution in [0.25, 0.3) is 0 Å². The molecule has 0 spiro atoms. The summed E-state index contributed by atoms with van der Waals surface area (Å²) in [4.78, 5) is 15.2. The molecule has 2 aliphatic rings. The summed E-state index contributed by atoms with van der Waals surface area (Å²) < 4.78 is 0. The minimum absolute atomic E-state index is 0.0396. The quantitative estimate of drug-likeness (QED) is 0.879. The van der Waals surface area contributed by atoms with E-state index in [1.807, 2.05) is 29.3 Å². The average Bonchev–Trinajstić information content (AvgIpc) is 3.09. The number of nitrogens with zero attached hydrogens (tertiary/aromatic N) is 2. The minimum atomic E-state index is 0.0396. The van der Waals surface area contributed by atoms with Gasteiger partial charge in [-0.1, -0.05) is 23.7 Å². The zero-order valence-electron chi connectivity index (χ0n) is 13.5. The molecule has 126 valence electrons. The monoisotopic (exact) mass is 344 g/mol. The fourth-order valence-electron chi connectivity index (χ4n) is 3.83. The van der Waals surface area contributed by atoms with Crippen LogP contribution in [0, 0.1) is 5.92 Å². The molecule has 24 heavy (non-hydrogen) atoms. The Kier molecular flexibility index (Phi) is 4.29. The van der Waals surface area contributed by atoms with Crippen molar-refractivity contribution in [3.8, 4) is 0 Å². The van der Waals surface area contributed by atoms with Crippen LogP contribution < -0.4 is 5.32 Å². The number of benzene rings is 1. The third kappa shape index (κ3) is 2.94. The molecule has 0 radical (unpaired) electrons. The van der Waals surface area contributed by atoms with E-state index in [0.717, 1.165) is 50.2 Å². The van der Waals surface area contributed by atoms with E-state index >= 15 is 0 Å². The Hall–Kier alpha value is -1.85. The summed E-state index contributed by atoms with van der Waals surface area (Å²) in [5, 5.41) is 11.3. The first-order valence-electron chi connectivity index (χ1n) is 8.50. The van der Waals surface area contributed by atoms with Gasteiger partial charge >= 0.3 is 0 Å². The Morgan fingerprint density at radius 1 is 1.38 bits per heavy atom. The highest BCUT2D eigenvalue weighted by atomic mass is 35.5. The van der Waals surface area contributed by atoms with Crippen molar-refractivity contribution in [2.75, 3.05) is 19.6 Å². The summed E-state index contributed by atoms with van der Waals surface area (Å²) in [6.07, 6.45) is 4.48. The van der Waals surface area contributed by atoms with Gasteiger partial charge in [-0.2, -0.15) is 5.10 Å². The van der Waals surface area contributed by atoms with Crippen molar-refractivity contribution in [1.82, 2.24) is 20.4 Å². The molecule has 1 saturated heterocycles. The van der Waals surface area contributed by atoms with Crippen LogP contribution in [0.1, 0.15) is 29.3 Å². The fourth-order valence-corrected chi connectivity index (χ4v) is 4.03. The van der Waals surface area contributed by atoms with Gasteiger partial charge in [-0.15, -0.1) is 0 Å². The van der Waals surface area contributed by atoms with E-state index in [9.17, 15) is 4.79 Å². The van der Waals surface area contributed by atoms with Gasteiger partial charge in [0, 0.05) is 42.7 Å². The first-order chi connectivity index (χ1) is 11.7. The molecule has 1 aliphatic heterocycles. The van der Waals surface area contributed by atoms with Gasteiger partial charge in [0.1, 0.15) is 0 Å². The summed E-state index contributed by atoms with van der Waals surface area (Å²) in [6, 6.07) is 7.89. The van der Waals surface area contributed by atoms with Gasteiger partial charge in [-0.05, 0) is 36.1 Å². The van der Waals surface area contributed by atoms with Gasteiger partial charge in [-0.25, -0.2) is 0 Å². The van der Waals surface area contributed by atoms with E-state index in [1.54, 1.807) is 0 Å². The summed E-state index contributed by atoms with van der Waals surface area (Å²) in [5.41, 5.74) is 3.47. The molecule has 1 aromatic heterocycles. The van der Waals surface area contributed by atoms with Crippen molar-refractivity contribution < 1.29 is 4.79 Å². The van der Waals surface area contributed by atoms with E-state index in [2.05, 4.69) is 21.6 Å². The highest BCUT2D eigenvalue weighted by Gasteiger charge is 2.34. The molecule has 1 aromatic carbocycles. The number of nitrogens with one attached hydrogen (secondary N) is 2. The molecule has 1 amide bonds. The molecule has 2 atom stereocenters. The number of fused-ring (bicyclic) bond motifs is 1. The van der Waals surface area contributed by atoms with Gasteiger partial charge < -0.3 is 10.2 Å². The van der Waals surface area contributed by atoms with Gasteiger partial charge in [0.05, 0.1) is 12.2 Å². The number of piperazine rings is 1. The lowest BCUT2D eigenvalue weighted by Gasteiger charge is -2.39. The van der Waals surface area contributed by atoms with Crippen molar-refractivity contribution in [1.29, 1.82) is 0 Å². The number of rotatable bonds is 2. The van der Waals surface area contributed by atoms with Crippen LogP contribution in [-0.4, -0.2) is 40.6 Å². The minimum Gasteiger partial charge on any atom is -0.333 e. The third-order valence-electron chi connectivity index (χ3n) is 5.13. The topological polar surface area (TPSA) is 61.0 Å². The van der Waals surface area contributed by atoms with Crippen LogP contribution in [0.5, 0.6) is 0 Å². The molecule has 0 bridgehead atoms. The molecular weight excluding hydrogens is 324 g/mol. The standard InChI is InChI=1S/C18H21ClN4O/c19-15-3-1-2-12(8-15)17-11-20-6-7-23(17)18(24)13-4-5-14-10-21-22-16(14)9-13/h1-3,8,10,13,17,20H,4-7,9,11H2,(H,21,22). The lowest BCUT2D eigenvalue weighted by atomic mass is 9.86. The van der Waals surface area contributed by atoms with E-state index in [4.69, 9.17) is 11.6 Å². The summed E-state index contributed by atoms with van der Waals surface area (Å²) in [6.45, 7) is 2.35. The number of H-pyrrole nitrogens is 1. The van der Waals surface area contributed by atoms with Crippen LogP contribution >= 0.6 is 11.6 Å². The maximum Gasteiger partial charge on any atom is 0.226 e. The summed E-state index contributed by atoms with van der Waals surface area (Å²) in [5.74, 6) is 0.291. The van der Waals surface area contributed by atoms with Crippen LogP contribution in [-0.2, 0) is 17.6 Å². The molecule has 1 aliphatic carbocycles. The highest BCUT2D eigenvalue weighted by molar-refractivity contribution is 6.30. The van der Waals surface area contributed by atoms with Gasteiger partial charge in [0.15, 0.2) is 0 Å². The molecule has 5 nitrogen and oxygen atoms in total. The molecule has 1 fully saturated rings. The van der Waals surface area contributed by atoms with Crippen molar-refractivity contribution in [2.24, 2.45) is 5.92 Å². The second kappa shape index (κ2) is 6.57. The summed E-state index contributed by atoms with van der Waals surface area (Å²) in [7, 11) is 0. The van der Waals surface area contributed by atoms with Crippen LogP contribution in [0.4, 0.5) is 0 Å². The number of amides is 1. The predicted molar refractivity (Wildman–Crippen MR) is 92.9 cm³/mol. The van der Waals surface area contributed by atoms with E-state index in [-0.39, 0.29) is 17.9 Å². The van der Waals surface area contributed by atoms with Crippen molar-refractivity contribution >= 4 is 17.5 Å². The number of hydrogen-bond acceptors (Lipinski definition) is 3. The van der Waals surface area contributed by atoms with Gasteiger partial charge in [-0.3, -0.25) is 9.89 Å². The SMILES string of the molecule is O=C(C1CCc2cn[nH]c2C1)N1CCNCC1c1cccc(Cl)c1. The molecule has 2 aromatic rings. The molecule has 2 N–H and O–H groups in total. The maximum atomic E-state index is 13.2. The van der Waals surface area contributed by atoms with E-state index in [1.165, 1.54) is 5.56 Å². The number of aromatic amines is 1. The maximum absolute atomic E-state index is 13.2. The zero-order chi connectivity index (χ0) is 16.5. The number of carbonyl (C=O) groups excluding carboxylic acids is 1. The number of hydrogen-bond donors (Lipinski definition) is 2. The Morgan fingerprint density at radius 2 is 2.29 bits per heavy atom.